The summed E-state index contributed by atoms with van der Waals surface area (Å²) < 4.78 is 10.8. The van der Waals surface area contributed by atoms with Crippen molar-refractivity contribution in [3.05, 3.63) is 59.3 Å². The van der Waals surface area contributed by atoms with Crippen molar-refractivity contribution in [1.82, 2.24) is 15.5 Å². The Morgan fingerprint density at radius 2 is 1.96 bits per heavy atom. The monoisotopic (exact) mass is 369 g/mol. The number of nitrogens with one attached hydrogen (secondary N) is 1. The Kier molecular flexibility index (Phi) is 4.81. The topological polar surface area (TPSA) is 77.3 Å². The maximum Gasteiger partial charge on any atom is 0.246 e. The molecule has 0 unspecified atom stereocenters. The summed E-state index contributed by atoms with van der Waals surface area (Å²) in [6.45, 7) is 1.36. The number of carbonyl (C=O) groups is 1. The van der Waals surface area contributed by atoms with E-state index < -0.39 is 5.41 Å². The Labute approximate surface area is 155 Å². The highest BCUT2D eigenvalue weighted by molar-refractivity contribution is 7.13. The van der Waals surface area contributed by atoms with E-state index in [0.29, 0.717) is 37.8 Å². The lowest BCUT2D eigenvalue weighted by molar-refractivity contribution is -0.130. The number of hydrogen-bond donors (Lipinski definition) is 1. The fourth-order valence-electron chi connectivity index (χ4n) is 3.28. The number of hydrogen-bond acceptors (Lipinski definition) is 6. The van der Waals surface area contributed by atoms with Gasteiger partial charge in [0, 0.05) is 13.2 Å². The molecule has 1 saturated heterocycles. The van der Waals surface area contributed by atoms with Crippen molar-refractivity contribution in [3.63, 3.8) is 0 Å². The highest BCUT2D eigenvalue weighted by Crippen LogP contribution is 2.35. The third kappa shape index (κ3) is 3.27. The maximum atomic E-state index is 13.1. The van der Waals surface area contributed by atoms with Crippen LogP contribution in [-0.4, -0.2) is 29.3 Å². The highest BCUT2D eigenvalue weighted by Gasteiger charge is 2.41. The van der Waals surface area contributed by atoms with Gasteiger partial charge in [0.05, 0.1) is 16.8 Å². The summed E-state index contributed by atoms with van der Waals surface area (Å²) in [6.07, 6.45) is 1.32. The molecule has 4 rings (SSSR count). The van der Waals surface area contributed by atoms with Crippen LogP contribution in [0.15, 0.2) is 52.4 Å². The molecule has 1 aromatic carbocycles. The van der Waals surface area contributed by atoms with Gasteiger partial charge in [0.25, 0.3) is 0 Å². The average Bonchev–Trinajstić information content (AvgIpc) is 3.39. The minimum Gasteiger partial charge on any atom is -0.381 e. The molecule has 1 aliphatic rings. The van der Waals surface area contributed by atoms with Crippen LogP contribution in [0.1, 0.15) is 24.3 Å². The number of amides is 1. The fraction of sp³-hybridized carbons (Fsp3) is 0.316. The first-order valence-corrected chi connectivity index (χ1v) is 9.44. The zero-order valence-electron chi connectivity index (χ0n) is 14.2. The van der Waals surface area contributed by atoms with Gasteiger partial charge in [0.15, 0.2) is 0 Å². The van der Waals surface area contributed by atoms with E-state index in [1.807, 2.05) is 47.8 Å². The molecule has 1 N–H and O–H groups in total. The smallest absolute Gasteiger partial charge is 0.246 e. The Morgan fingerprint density at radius 3 is 2.69 bits per heavy atom. The van der Waals surface area contributed by atoms with Crippen LogP contribution in [0.4, 0.5) is 0 Å². The third-order valence-electron chi connectivity index (χ3n) is 4.72. The summed E-state index contributed by atoms with van der Waals surface area (Å²) in [4.78, 5) is 18.4. The molecule has 3 aromatic rings. The van der Waals surface area contributed by atoms with E-state index in [1.54, 1.807) is 11.3 Å². The summed E-state index contributed by atoms with van der Waals surface area (Å²) in [7, 11) is 0. The van der Waals surface area contributed by atoms with Gasteiger partial charge in [-0.15, -0.1) is 11.3 Å². The number of ether oxygens (including phenoxy) is 1. The summed E-state index contributed by atoms with van der Waals surface area (Å²) in [5.74, 6) is 0.924. The van der Waals surface area contributed by atoms with Crippen molar-refractivity contribution < 1.29 is 14.1 Å². The zero-order chi connectivity index (χ0) is 17.8. The molecule has 1 amide bonds. The van der Waals surface area contributed by atoms with Gasteiger partial charge in [0.2, 0.25) is 17.6 Å². The summed E-state index contributed by atoms with van der Waals surface area (Å²) >= 11 is 1.55. The summed E-state index contributed by atoms with van der Waals surface area (Å²) in [5, 5.41) is 8.92. The second-order valence-corrected chi connectivity index (χ2v) is 7.18. The van der Waals surface area contributed by atoms with E-state index in [-0.39, 0.29) is 12.5 Å². The van der Waals surface area contributed by atoms with E-state index in [0.717, 1.165) is 10.4 Å². The Balaban J connectivity index is 1.49. The molecule has 0 radical (unpaired) electrons. The molecule has 26 heavy (non-hydrogen) atoms. The molecule has 0 atom stereocenters. The van der Waals surface area contributed by atoms with Crippen LogP contribution in [0.3, 0.4) is 0 Å². The first-order chi connectivity index (χ1) is 12.8. The highest BCUT2D eigenvalue weighted by atomic mass is 32.1. The van der Waals surface area contributed by atoms with Crippen LogP contribution in [0.5, 0.6) is 0 Å². The van der Waals surface area contributed by atoms with Crippen molar-refractivity contribution in [2.24, 2.45) is 0 Å². The van der Waals surface area contributed by atoms with Crippen LogP contribution in [0.2, 0.25) is 0 Å². The van der Waals surface area contributed by atoms with Gasteiger partial charge in [0.1, 0.15) is 0 Å². The van der Waals surface area contributed by atoms with Crippen molar-refractivity contribution in [3.8, 4) is 10.7 Å². The number of aromatic nitrogens is 2. The van der Waals surface area contributed by atoms with Crippen LogP contribution in [0.25, 0.3) is 10.7 Å². The van der Waals surface area contributed by atoms with Gasteiger partial charge in [-0.05, 0) is 29.9 Å². The lowest BCUT2D eigenvalue weighted by Crippen LogP contribution is -2.47. The van der Waals surface area contributed by atoms with Crippen LogP contribution >= 0.6 is 11.3 Å². The fourth-order valence-corrected chi connectivity index (χ4v) is 3.93. The molecule has 0 spiro atoms. The van der Waals surface area contributed by atoms with Gasteiger partial charge < -0.3 is 14.6 Å². The Bertz CT molecular complexity index is 855. The van der Waals surface area contributed by atoms with Crippen molar-refractivity contribution in [2.45, 2.75) is 24.8 Å². The van der Waals surface area contributed by atoms with Crippen LogP contribution in [-0.2, 0) is 21.5 Å². The number of carbonyl (C=O) groups excluding carboxylic acids is 1. The van der Waals surface area contributed by atoms with Crippen molar-refractivity contribution in [1.29, 1.82) is 0 Å². The molecule has 2 aromatic heterocycles. The van der Waals surface area contributed by atoms with Gasteiger partial charge >= 0.3 is 0 Å². The average molecular weight is 369 g/mol. The number of thiophene rings is 1. The van der Waals surface area contributed by atoms with E-state index >= 15 is 0 Å². The molecule has 1 aliphatic heterocycles. The quantitative estimate of drug-likeness (QED) is 0.747. The van der Waals surface area contributed by atoms with Crippen LogP contribution < -0.4 is 5.32 Å². The van der Waals surface area contributed by atoms with Crippen molar-refractivity contribution >= 4 is 17.2 Å². The SMILES string of the molecule is O=C(NCc1nc(-c2cccs2)no1)C1(c2ccccc2)CCOCC1. The predicted molar refractivity (Wildman–Crippen MR) is 97.6 cm³/mol. The van der Waals surface area contributed by atoms with Gasteiger partial charge in [-0.1, -0.05) is 41.6 Å². The normalized spacial score (nSPS) is 16.3. The molecule has 7 heteroatoms. The summed E-state index contributed by atoms with van der Waals surface area (Å²) in [6, 6.07) is 13.8. The summed E-state index contributed by atoms with van der Waals surface area (Å²) in [5.41, 5.74) is 0.446. The van der Waals surface area contributed by atoms with Gasteiger partial charge in [-0.2, -0.15) is 4.98 Å². The predicted octanol–water partition coefficient (Wildman–Crippen LogP) is 3.16. The van der Waals surface area contributed by atoms with Crippen molar-refractivity contribution in [2.75, 3.05) is 13.2 Å². The van der Waals surface area contributed by atoms with E-state index in [9.17, 15) is 4.79 Å². The number of benzene rings is 1. The maximum absolute atomic E-state index is 13.1. The third-order valence-corrected chi connectivity index (χ3v) is 5.58. The molecular formula is C19H19N3O3S. The molecular weight excluding hydrogens is 350 g/mol. The van der Waals surface area contributed by atoms with E-state index in [2.05, 4.69) is 15.5 Å². The van der Waals surface area contributed by atoms with Gasteiger partial charge in [-0.3, -0.25) is 4.79 Å². The van der Waals surface area contributed by atoms with Gasteiger partial charge in [-0.25, -0.2) is 0 Å². The first kappa shape index (κ1) is 16.9. The standard InChI is InChI=1S/C19H19N3O3S/c23-18(19(8-10-24-11-9-19)14-5-2-1-3-6-14)20-13-16-21-17(22-25-16)15-7-4-12-26-15/h1-7,12H,8-11,13H2,(H,20,23). The molecule has 6 nitrogen and oxygen atoms in total. The van der Waals surface area contributed by atoms with E-state index in [4.69, 9.17) is 9.26 Å². The van der Waals surface area contributed by atoms with E-state index in [1.165, 1.54) is 0 Å². The second-order valence-electron chi connectivity index (χ2n) is 6.23. The number of rotatable bonds is 5. The lowest BCUT2D eigenvalue weighted by Gasteiger charge is -2.36. The number of nitrogens with zero attached hydrogens (tertiary/aromatic N) is 2. The minimum absolute atomic E-state index is 0.0251. The zero-order valence-corrected chi connectivity index (χ0v) is 15.0. The minimum atomic E-state index is -0.573. The molecule has 0 saturated carbocycles. The molecule has 0 aliphatic carbocycles. The molecule has 3 heterocycles. The second kappa shape index (κ2) is 7.39. The molecule has 134 valence electrons. The largest absolute Gasteiger partial charge is 0.381 e. The van der Waals surface area contributed by atoms with Crippen LogP contribution in [0, 0.1) is 0 Å². The molecule has 1 fully saturated rings. The Hall–Kier alpha value is -2.51. The lowest BCUT2D eigenvalue weighted by atomic mass is 9.73. The molecule has 0 bridgehead atoms. The Morgan fingerprint density at radius 1 is 1.15 bits per heavy atom. The first-order valence-electron chi connectivity index (χ1n) is 8.56.